The standard InChI is InChI=1S/C62H99N9O18/c1-12-42(6)56(49(82-10)36-52(74)71-25-16-19-48(71)57(83-11)43(7)58(76)67-47(61(79)80)35-44-17-14-13-15-18-44)69(8)53(75)38-65-60(78)55(41(4)5)70(9)62(81)88-39-45-20-22-46(23-21-45)66-51(73)37-64-59(77)54(40(2)3)68-50(72)24-26-84-27-28-85-29-30-86-31-32-87-33-34-89-63/h13-15,17-18,20-23,40-43,47-49,54-57H,12,16,19,24-39,63H2,1-11H3,(H,64,77)(H,65,78)(H,66,73)(H,67,76)(H,68,72)(H,79,80)/t42-,43+,47-,48-,49+,54?,55?,56?,57+/m0/s1. The number of rotatable bonds is 43. The van der Waals surface area contributed by atoms with E-state index in [1.807, 2.05) is 19.9 Å². The number of likely N-dealkylation sites (tertiary alicyclic amines) is 1. The van der Waals surface area contributed by atoms with Gasteiger partial charge in [0.15, 0.2) is 0 Å². The van der Waals surface area contributed by atoms with Gasteiger partial charge in [-0.3, -0.25) is 38.5 Å². The first-order valence-electron chi connectivity index (χ1n) is 30.4. The number of carboxylic acid groups (broad SMARTS) is 1. The number of hydrogen-bond acceptors (Lipinski definition) is 18. The average Bonchev–Trinajstić information content (AvgIpc) is 2.24. The van der Waals surface area contributed by atoms with E-state index >= 15 is 0 Å². The molecule has 1 heterocycles. The topological polar surface area (TPSA) is 344 Å². The summed E-state index contributed by atoms with van der Waals surface area (Å²) >= 11 is 0. The summed E-state index contributed by atoms with van der Waals surface area (Å²) in [6.45, 7) is 14.9. The van der Waals surface area contributed by atoms with E-state index in [9.17, 15) is 48.3 Å². The van der Waals surface area contributed by atoms with Gasteiger partial charge >= 0.3 is 12.1 Å². The number of amides is 8. The van der Waals surface area contributed by atoms with Gasteiger partial charge in [-0.05, 0) is 53.9 Å². The summed E-state index contributed by atoms with van der Waals surface area (Å²) in [5, 5.41) is 23.3. The number of aliphatic carboxylic acids is 1. The maximum atomic E-state index is 14.3. The van der Waals surface area contributed by atoms with Crippen molar-refractivity contribution in [2.75, 3.05) is 113 Å². The Morgan fingerprint density at radius 3 is 1.83 bits per heavy atom. The van der Waals surface area contributed by atoms with Gasteiger partial charge in [0.05, 0.1) is 109 Å². The molecular formula is C62H99N9O18. The first-order chi connectivity index (χ1) is 42.5. The Kier molecular flexibility index (Phi) is 35.6. The molecule has 500 valence electrons. The van der Waals surface area contributed by atoms with Crippen LogP contribution in [-0.4, -0.2) is 223 Å². The van der Waals surface area contributed by atoms with E-state index in [0.29, 0.717) is 83.3 Å². The second-order valence-electron chi connectivity index (χ2n) is 22.6. The minimum absolute atomic E-state index is 0.00948. The molecule has 1 fully saturated rings. The van der Waals surface area contributed by atoms with Gasteiger partial charge in [-0.25, -0.2) is 15.5 Å². The minimum atomic E-state index is -1.18. The van der Waals surface area contributed by atoms with Crippen molar-refractivity contribution in [3.05, 3.63) is 65.7 Å². The molecule has 9 atom stereocenters. The van der Waals surface area contributed by atoms with Crippen LogP contribution in [0.3, 0.4) is 0 Å². The molecule has 8 amide bonds. The summed E-state index contributed by atoms with van der Waals surface area (Å²) in [7, 11) is 5.93. The fourth-order valence-electron chi connectivity index (χ4n) is 10.3. The van der Waals surface area contributed by atoms with Gasteiger partial charge in [-0.15, -0.1) is 0 Å². The molecule has 0 aliphatic carbocycles. The Hall–Kier alpha value is -6.85. The molecule has 27 heteroatoms. The molecule has 0 aromatic heterocycles. The zero-order chi connectivity index (χ0) is 66.0. The Morgan fingerprint density at radius 2 is 1.28 bits per heavy atom. The quantitative estimate of drug-likeness (QED) is 0.0371. The number of nitrogens with one attached hydrogen (secondary N) is 5. The number of carbonyl (C=O) groups excluding carboxylic acids is 8. The molecule has 3 unspecified atom stereocenters. The van der Waals surface area contributed by atoms with Crippen molar-refractivity contribution in [1.29, 1.82) is 0 Å². The first kappa shape index (κ1) is 76.4. The van der Waals surface area contributed by atoms with Crippen molar-refractivity contribution < 1.29 is 86.3 Å². The average molecular weight is 1260 g/mol. The number of carbonyl (C=O) groups is 9. The molecule has 1 saturated heterocycles. The maximum absolute atomic E-state index is 14.3. The number of methoxy groups -OCH3 is 2. The summed E-state index contributed by atoms with van der Waals surface area (Å²) in [6, 6.07) is 11.2. The Morgan fingerprint density at radius 1 is 0.685 bits per heavy atom. The van der Waals surface area contributed by atoms with Crippen LogP contribution >= 0.6 is 0 Å². The number of nitrogens with two attached hydrogens (primary N) is 1. The van der Waals surface area contributed by atoms with Crippen LogP contribution in [0.15, 0.2) is 54.6 Å². The van der Waals surface area contributed by atoms with Crippen molar-refractivity contribution in [2.45, 2.75) is 136 Å². The predicted molar refractivity (Wildman–Crippen MR) is 328 cm³/mol. The molecule has 8 N–H and O–H groups in total. The lowest BCUT2D eigenvalue weighted by molar-refractivity contribution is -0.147. The molecule has 1 aliphatic heterocycles. The summed E-state index contributed by atoms with van der Waals surface area (Å²) in [5.41, 5.74) is 1.71. The monoisotopic (exact) mass is 1260 g/mol. The number of anilines is 1. The van der Waals surface area contributed by atoms with Crippen LogP contribution in [-0.2, 0) is 89.4 Å². The molecule has 2 aromatic rings. The number of likely N-dealkylation sites (N-methyl/N-ethyl adjacent to an activating group) is 2. The van der Waals surface area contributed by atoms with Gasteiger partial charge in [-0.2, -0.15) is 0 Å². The van der Waals surface area contributed by atoms with Gasteiger partial charge in [0.25, 0.3) is 0 Å². The van der Waals surface area contributed by atoms with Crippen LogP contribution < -0.4 is 32.5 Å². The van der Waals surface area contributed by atoms with Gasteiger partial charge in [0, 0.05) is 53.4 Å². The minimum Gasteiger partial charge on any atom is -0.480 e. The lowest BCUT2D eigenvalue weighted by Gasteiger charge is -2.39. The Labute approximate surface area is 523 Å². The van der Waals surface area contributed by atoms with E-state index < -0.39 is 108 Å². The number of nitrogens with zero attached hydrogens (tertiary/aromatic N) is 3. The molecule has 0 saturated carbocycles. The van der Waals surface area contributed by atoms with Crippen LogP contribution in [0.5, 0.6) is 0 Å². The summed E-state index contributed by atoms with van der Waals surface area (Å²) in [6.07, 6.45) is -0.564. The Balaban J connectivity index is 1.48. The second-order valence-corrected chi connectivity index (χ2v) is 22.6. The van der Waals surface area contributed by atoms with E-state index in [1.54, 1.807) is 95.1 Å². The van der Waals surface area contributed by atoms with Crippen molar-refractivity contribution in [1.82, 2.24) is 36.0 Å². The third-order valence-corrected chi connectivity index (χ3v) is 15.4. The molecular weight excluding hydrogens is 1160 g/mol. The van der Waals surface area contributed by atoms with Crippen molar-refractivity contribution in [3.63, 3.8) is 0 Å². The predicted octanol–water partition coefficient (Wildman–Crippen LogP) is 2.67. The number of hydrogen-bond donors (Lipinski definition) is 7. The lowest BCUT2D eigenvalue weighted by atomic mass is 9.90. The fourth-order valence-corrected chi connectivity index (χ4v) is 10.3. The molecule has 0 bridgehead atoms. The van der Waals surface area contributed by atoms with Crippen LogP contribution in [0.4, 0.5) is 10.5 Å². The third-order valence-electron chi connectivity index (χ3n) is 15.4. The highest BCUT2D eigenvalue weighted by atomic mass is 16.6. The van der Waals surface area contributed by atoms with Gasteiger partial charge in [0.1, 0.15) is 24.7 Å². The van der Waals surface area contributed by atoms with E-state index in [0.717, 1.165) is 10.5 Å². The molecule has 2 aromatic carbocycles. The molecule has 89 heavy (non-hydrogen) atoms. The summed E-state index contributed by atoms with van der Waals surface area (Å²) < 4.78 is 39.0. The Bertz CT molecular complexity index is 2490. The van der Waals surface area contributed by atoms with Crippen LogP contribution in [0, 0.1) is 23.7 Å². The molecule has 0 spiro atoms. The molecule has 0 radical (unpaired) electrons. The highest BCUT2D eigenvalue weighted by Gasteiger charge is 2.43. The first-order valence-corrected chi connectivity index (χ1v) is 30.4. The zero-order valence-corrected chi connectivity index (χ0v) is 53.8. The van der Waals surface area contributed by atoms with Gasteiger partial charge in [0.2, 0.25) is 41.4 Å². The van der Waals surface area contributed by atoms with E-state index in [2.05, 4.69) is 31.4 Å². The van der Waals surface area contributed by atoms with Crippen LogP contribution in [0.25, 0.3) is 0 Å². The maximum Gasteiger partial charge on any atom is 0.410 e. The zero-order valence-electron chi connectivity index (χ0n) is 53.8. The molecule has 27 nitrogen and oxygen atoms in total. The molecule has 3 rings (SSSR count). The largest absolute Gasteiger partial charge is 0.480 e. The van der Waals surface area contributed by atoms with Crippen molar-refractivity contribution in [3.8, 4) is 0 Å². The van der Waals surface area contributed by atoms with E-state index in [1.165, 1.54) is 26.2 Å². The van der Waals surface area contributed by atoms with Gasteiger partial charge in [-0.1, -0.05) is 97.4 Å². The number of carboxylic acids is 1. The normalized spacial score (nSPS) is 15.8. The van der Waals surface area contributed by atoms with E-state index in [4.69, 9.17) is 39.1 Å². The fraction of sp³-hybridized carbons (Fsp3) is 0.661. The number of benzene rings is 2. The van der Waals surface area contributed by atoms with Gasteiger partial charge < -0.3 is 79.5 Å². The van der Waals surface area contributed by atoms with Crippen molar-refractivity contribution in [2.24, 2.45) is 29.6 Å². The highest BCUT2D eigenvalue weighted by Crippen LogP contribution is 2.30. The van der Waals surface area contributed by atoms with Crippen LogP contribution in [0.2, 0.25) is 0 Å². The molecule has 1 aliphatic rings. The van der Waals surface area contributed by atoms with Crippen LogP contribution in [0.1, 0.15) is 91.7 Å². The summed E-state index contributed by atoms with van der Waals surface area (Å²) in [5.74, 6) is -1.25. The van der Waals surface area contributed by atoms with E-state index in [-0.39, 0.29) is 63.4 Å². The summed E-state index contributed by atoms with van der Waals surface area (Å²) in [4.78, 5) is 129. The number of ether oxygens (including phenoxy) is 7. The second kappa shape index (κ2) is 41.4. The SMILES string of the molecule is CC[C@H](C)C([C@@H](CC(=O)N1CCC[C@H]1[C@H](OC)[C@@H](C)C(=O)N[C@@H](Cc1ccccc1)C(=O)O)OC)N(C)C(=O)CNC(=O)C(C(C)C)N(C)C(=O)OCc1ccc(NC(=O)CNC(=O)C(NC(=O)CCOCCOCCOCCOCCON)C(C)C)cc1. The third kappa shape index (κ3) is 26.6. The highest BCUT2D eigenvalue weighted by molar-refractivity contribution is 5.96. The lowest BCUT2D eigenvalue weighted by Crippen LogP contribution is -2.56. The van der Waals surface area contributed by atoms with Crippen molar-refractivity contribution >= 4 is 59.1 Å². The smallest absolute Gasteiger partial charge is 0.410 e.